The lowest BCUT2D eigenvalue weighted by Crippen LogP contribution is -2.45. The van der Waals surface area contributed by atoms with Crippen molar-refractivity contribution in [3.8, 4) is 0 Å². The molecular weight excluding hydrogens is 268 g/mol. The Morgan fingerprint density at radius 1 is 1.26 bits per heavy atom. The van der Waals surface area contributed by atoms with E-state index in [-0.39, 0.29) is 23.8 Å². The van der Waals surface area contributed by atoms with Crippen molar-refractivity contribution in [2.24, 2.45) is 11.8 Å². The molecule has 6 nitrogen and oxygen atoms in total. The fraction of sp³-hybridized carbons (Fsp3) is 0.917. The molecule has 0 heterocycles. The van der Waals surface area contributed by atoms with Crippen molar-refractivity contribution in [2.75, 3.05) is 13.7 Å². The Hall–Kier alpha value is -0.660. The molecule has 0 aromatic rings. The maximum absolute atomic E-state index is 11.8. The summed E-state index contributed by atoms with van der Waals surface area (Å²) in [4.78, 5) is 11.4. The highest BCUT2D eigenvalue weighted by Gasteiger charge is 2.28. The first-order valence-corrected chi connectivity index (χ1v) is 8.17. The number of carbonyl (C=O) groups excluding carboxylic acids is 1. The maximum Gasteiger partial charge on any atom is 0.308 e. The molecule has 0 atom stereocenters. The van der Waals surface area contributed by atoms with E-state index in [4.69, 9.17) is 4.74 Å². The van der Waals surface area contributed by atoms with Crippen molar-refractivity contribution in [1.82, 2.24) is 9.44 Å². The molecule has 2 N–H and O–H groups in total. The van der Waals surface area contributed by atoms with Gasteiger partial charge in [-0.05, 0) is 31.6 Å². The number of methoxy groups -OCH3 is 1. The van der Waals surface area contributed by atoms with Gasteiger partial charge in [0.1, 0.15) is 0 Å². The van der Waals surface area contributed by atoms with Crippen LogP contribution in [0.25, 0.3) is 0 Å². The van der Waals surface area contributed by atoms with Gasteiger partial charge in [-0.3, -0.25) is 4.79 Å². The molecule has 1 rings (SSSR count). The zero-order valence-electron chi connectivity index (χ0n) is 11.8. The van der Waals surface area contributed by atoms with E-state index in [1.807, 2.05) is 13.8 Å². The molecule has 0 saturated heterocycles. The van der Waals surface area contributed by atoms with Gasteiger partial charge in [0, 0.05) is 12.6 Å². The number of hydrogen-bond donors (Lipinski definition) is 2. The number of carbonyl (C=O) groups is 1. The van der Waals surface area contributed by atoms with E-state index in [0.717, 1.165) is 0 Å². The molecule has 19 heavy (non-hydrogen) atoms. The van der Waals surface area contributed by atoms with Crippen LogP contribution in [-0.2, 0) is 19.7 Å². The molecule has 0 aliphatic heterocycles. The summed E-state index contributed by atoms with van der Waals surface area (Å²) in [5.74, 6) is -0.0137. The minimum absolute atomic E-state index is 0.0885. The third kappa shape index (κ3) is 5.88. The average molecular weight is 292 g/mol. The summed E-state index contributed by atoms with van der Waals surface area (Å²) in [5.41, 5.74) is 0. The standard InChI is InChI=1S/C12H24N2O4S/c1-9(2)8-13-19(16,17)14-11-6-4-10(5-7-11)12(15)18-3/h9-11,13-14H,4-8H2,1-3H3. The molecule has 0 spiro atoms. The Labute approximate surface area is 115 Å². The first-order valence-electron chi connectivity index (χ1n) is 6.68. The largest absolute Gasteiger partial charge is 0.469 e. The first-order chi connectivity index (χ1) is 8.84. The zero-order valence-corrected chi connectivity index (χ0v) is 12.6. The van der Waals surface area contributed by atoms with Crippen molar-refractivity contribution in [1.29, 1.82) is 0 Å². The Balaban J connectivity index is 2.38. The summed E-state index contributed by atoms with van der Waals surface area (Å²) in [6, 6.07) is -0.0921. The van der Waals surface area contributed by atoms with E-state index >= 15 is 0 Å². The summed E-state index contributed by atoms with van der Waals surface area (Å²) in [7, 11) is -2.05. The van der Waals surface area contributed by atoms with Crippen molar-refractivity contribution in [3.63, 3.8) is 0 Å². The van der Waals surface area contributed by atoms with Gasteiger partial charge >= 0.3 is 5.97 Å². The number of nitrogens with one attached hydrogen (secondary N) is 2. The Kier molecular flexibility index (Phi) is 6.22. The highest BCUT2D eigenvalue weighted by molar-refractivity contribution is 7.87. The second-order valence-electron chi connectivity index (χ2n) is 5.44. The molecule has 0 amide bonds. The molecule has 1 aliphatic carbocycles. The lowest BCUT2D eigenvalue weighted by molar-refractivity contribution is -0.146. The van der Waals surface area contributed by atoms with Crippen molar-refractivity contribution >= 4 is 16.2 Å². The second kappa shape index (κ2) is 7.21. The molecular formula is C12H24N2O4S. The van der Waals surface area contributed by atoms with Crippen LogP contribution in [0.15, 0.2) is 0 Å². The number of ether oxygens (including phenoxy) is 1. The molecule has 0 unspecified atom stereocenters. The summed E-state index contributed by atoms with van der Waals surface area (Å²) in [6.45, 7) is 4.32. The summed E-state index contributed by atoms with van der Waals surface area (Å²) in [6.07, 6.45) is 2.68. The normalized spacial score (nSPS) is 24.4. The van der Waals surface area contributed by atoms with E-state index in [9.17, 15) is 13.2 Å². The van der Waals surface area contributed by atoms with Gasteiger partial charge in [0.05, 0.1) is 13.0 Å². The van der Waals surface area contributed by atoms with E-state index in [1.54, 1.807) is 0 Å². The van der Waals surface area contributed by atoms with Crippen LogP contribution in [0, 0.1) is 11.8 Å². The third-order valence-corrected chi connectivity index (χ3v) is 4.46. The van der Waals surface area contributed by atoms with Gasteiger partial charge in [0.25, 0.3) is 10.2 Å². The van der Waals surface area contributed by atoms with E-state index in [0.29, 0.717) is 32.2 Å². The number of esters is 1. The van der Waals surface area contributed by atoms with Gasteiger partial charge in [-0.15, -0.1) is 0 Å². The van der Waals surface area contributed by atoms with Gasteiger partial charge in [-0.2, -0.15) is 13.1 Å². The first kappa shape index (κ1) is 16.4. The van der Waals surface area contributed by atoms with Crippen LogP contribution in [0.2, 0.25) is 0 Å². The van der Waals surface area contributed by atoms with E-state index in [2.05, 4.69) is 9.44 Å². The molecule has 112 valence electrons. The molecule has 7 heteroatoms. The van der Waals surface area contributed by atoms with Gasteiger partial charge in [0.15, 0.2) is 0 Å². The van der Waals surface area contributed by atoms with E-state index < -0.39 is 10.2 Å². The van der Waals surface area contributed by atoms with Crippen LogP contribution in [0.5, 0.6) is 0 Å². The van der Waals surface area contributed by atoms with Crippen LogP contribution in [-0.4, -0.2) is 34.1 Å². The molecule has 0 radical (unpaired) electrons. The van der Waals surface area contributed by atoms with Crippen LogP contribution in [0.3, 0.4) is 0 Å². The SMILES string of the molecule is COC(=O)C1CCC(NS(=O)(=O)NCC(C)C)CC1. The molecule has 1 aliphatic rings. The minimum Gasteiger partial charge on any atom is -0.469 e. The topological polar surface area (TPSA) is 84.5 Å². The number of rotatable bonds is 6. The monoisotopic (exact) mass is 292 g/mol. The van der Waals surface area contributed by atoms with Crippen molar-refractivity contribution in [3.05, 3.63) is 0 Å². The molecule has 0 aromatic carbocycles. The zero-order chi connectivity index (χ0) is 14.5. The Morgan fingerprint density at radius 2 is 1.84 bits per heavy atom. The van der Waals surface area contributed by atoms with Gasteiger partial charge < -0.3 is 4.74 Å². The highest BCUT2D eigenvalue weighted by atomic mass is 32.2. The fourth-order valence-electron chi connectivity index (χ4n) is 2.15. The third-order valence-electron chi connectivity index (χ3n) is 3.27. The van der Waals surface area contributed by atoms with Gasteiger partial charge in [0.2, 0.25) is 0 Å². The summed E-state index contributed by atoms with van der Waals surface area (Å²) >= 11 is 0. The van der Waals surface area contributed by atoms with E-state index in [1.165, 1.54) is 7.11 Å². The Bertz CT molecular complexity index is 387. The second-order valence-corrected chi connectivity index (χ2v) is 6.97. The average Bonchev–Trinajstić information content (AvgIpc) is 2.36. The van der Waals surface area contributed by atoms with Crippen LogP contribution in [0.4, 0.5) is 0 Å². The lowest BCUT2D eigenvalue weighted by Gasteiger charge is -2.27. The maximum atomic E-state index is 11.8. The van der Waals surface area contributed by atoms with Gasteiger partial charge in [-0.1, -0.05) is 13.8 Å². The smallest absolute Gasteiger partial charge is 0.308 e. The quantitative estimate of drug-likeness (QED) is 0.709. The van der Waals surface area contributed by atoms with Crippen LogP contribution < -0.4 is 9.44 Å². The predicted molar refractivity (Wildman–Crippen MR) is 72.7 cm³/mol. The van der Waals surface area contributed by atoms with Crippen molar-refractivity contribution < 1.29 is 17.9 Å². The van der Waals surface area contributed by atoms with Crippen LogP contribution >= 0.6 is 0 Å². The fourth-order valence-corrected chi connectivity index (χ4v) is 3.46. The molecule has 0 bridgehead atoms. The molecule has 1 saturated carbocycles. The van der Waals surface area contributed by atoms with Gasteiger partial charge in [-0.25, -0.2) is 4.72 Å². The van der Waals surface area contributed by atoms with Crippen LogP contribution in [0.1, 0.15) is 39.5 Å². The molecule has 0 aromatic heterocycles. The lowest BCUT2D eigenvalue weighted by atomic mass is 9.86. The number of hydrogen-bond acceptors (Lipinski definition) is 4. The predicted octanol–water partition coefficient (Wildman–Crippen LogP) is 0.798. The summed E-state index contributed by atoms with van der Waals surface area (Å²) in [5, 5.41) is 0. The summed E-state index contributed by atoms with van der Waals surface area (Å²) < 4.78 is 33.4. The Morgan fingerprint density at radius 3 is 2.32 bits per heavy atom. The van der Waals surface area contributed by atoms with Crippen molar-refractivity contribution in [2.45, 2.75) is 45.6 Å². The minimum atomic E-state index is -3.44. The highest BCUT2D eigenvalue weighted by Crippen LogP contribution is 2.25. The molecule has 1 fully saturated rings.